The van der Waals surface area contributed by atoms with Crippen molar-refractivity contribution in [1.82, 2.24) is 10.3 Å². The number of rotatable bonds is 6. The molecule has 0 radical (unpaired) electrons. The smallest absolute Gasteiger partial charge is 0.268 e. The van der Waals surface area contributed by atoms with Gasteiger partial charge in [-0.2, -0.15) is 0 Å². The van der Waals surface area contributed by atoms with Crippen LogP contribution in [-0.4, -0.2) is 23.9 Å². The minimum absolute atomic E-state index is 0.327. The molecule has 3 N–H and O–H groups in total. The standard InChI is InChI=1S/C12H21N3O2/c1-4-15(6-9(2)3)7-11-5-10(8-17-11)12(16)14-13/h5,8-9H,4,6-7,13H2,1-3H3,(H,14,16). The van der Waals surface area contributed by atoms with Gasteiger partial charge in [-0.1, -0.05) is 20.8 Å². The van der Waals surface area contributed by atoms with E-state index in [1.807, 2.05) is 0 Å². The Morgan fingerprint density at radius 1 is 1.59 bits per heavy atom. The Morgan fingerprint density at radius 3 is 2.82 bits per heavy atom. The SMILES string of the molecule is CCN(Cc1cc(C(=O)NN)co1)CC(C)C. The molecule has 1 amide bonds. The molecule has 96 valence electrons. The van der Waals surface area contributed by atoms with Crippen molar-refractivity contribution in [2.24, 2.45) is 11.8 Å². The van der Waals surface area contributed by atoms with Gasteiger partial charge < -0.3 is 4.42 Å². The average Bonchev–Trinajstić information content (AvgIpc) is 2.75. The summed E-state index contributed by atoms with van der Waals surface area (Å²) >= 11 is 0. The van der Waals surface area contributed by atoms with Gasteiger partial charge in [-0.15, -0.1) is 0 Å². The number of nitrogens with two attached hydrogens (primary N) is 1. The lowest BCUT2D eigenvalue weighted by Gasteiger charge is -2.20. The molecule has 0 aliphatic carbocycles. The van der Waals surface area contributed by atoms with E-state index in [1.165, 1.54) is 6.26 Å². The molecule has 1 aromatic heterocycles. The highest BCUT2D eigenvalue weighted by Gasteiger charge is 2.12. The van der Waals surface area contributed by atoms with Gasteiger partial charge in [0.15, 0.2) is 0 Å². The summed E-state index contributed by atoms with van der Waals surface area (Å²) < 4.78 is 5.34. The van der Waals surface area contributed by atoms with Crippen molar-refractivity contribution in [2.75, 3.05) is 13.1 Å². The van der Waals surface area contributed by atoms with Crippen LogP contribution in [0.2, 0.25) is 0 Å². The van der Waals surface area contributed by atoms with E-state index in [2.05, 4.69) is 31.1 Å². The highest BCUT2D eigenvalue weighted by Crippen LogP contribution is 2.11. The number of nitrogen functional groups attached to an aromatic ring is 1. The molecular weight excluding hydrogens is 218 g/mol. The summed E-state index contributed by atoms with van der Waals surface area (Å²) in [5.41, 5.74) is 2.54. The Bertz CT molecular complexity index is 360. The van der Waals surface area contributed by atoms with Crippen LogP contribution >= 0.6 is 0 Å². The van der Waals surface area contributed by atoms with Gasteiger partial charge in [-0.25, -0.2) is 5.84 Å². The molecule has 17 heavy (non-hydrogen) atoms. The summed E-state index contributed by atoms with van der Waals surface area (Å²) in [6, 6.07) is 1.73. The molecule has 1 aromatic rings. The lowest BCUT2D eigenvalue weighted by molar-refractivity contribution is 0.0953. The van der Waals surface area contributed by atoms with E-state index >= 15 is 0 Å². The van der Waals surface area contributed by atoms with E-state index in [0.717, 1.165) is 18.8 Å². The lowest BCUT2D eigenvalue weighted by atomic mass is 10.2. The number of furan rings is 1. The van der Waals surface area contributed by atoms with Gasteiger partial charge in [0.1, 0.15) is 12.0 Å². The van der Waals surface area contributed by atoms with Gasteiger partial charge in [0.25, 0.3) is 5.91 Å². The number of nitrogens with one attached hydrogen (secondary N) is 1. The molecule has 0 atom stereocenters. The minimum atomic E-state index is -0.327. The van der Waals surface area contributed by atoms with Gasteiger partial charge >= 0.3 is 0 Å². The van der Waals surface area contributed by atoms with Crippen LogP contribution in [0, 0.1) is 5.92 Å². The predicted octanol–water partition coefficient (Wildman–Crippen LogP) is 1.36. The number of hydrazine groups is 1. The first-order valence-electron chi connectivity index (χ1n) is 5.87. The fraction of sp³-hybridized carbons (Fsp3) is 0.583. The molecule has 0 spiro atoms. The average molecular weight is 239 g/mol. The first-order valence-corrected chi connectivity index (χ1v) is 5.87. The summed E-state index contributed by atoms with van der Waals surface area (Å²) in [5, 5.41) is 0. The van der Waals surface area contributed by atoms with E-state index in [-0.39, 0.29) is 5.91 Å². The zero-order valence-corrected chi connectivity index (χ0v) is 10.7. The van der Waals surface area contributed by atoms with Gasteiger partial charge in [0.05, 0.1) is 12.1 Å². The molecule has 1 rings (SSSR count). The number of nitrogens with zero attached hydrogens (tertiary/aromatic N) is 1. The molecule has 0 aliphatic heterocycles. The van der Waals surface area contributed by atoms with Crippen LogP contribution in [0.5, 0.6) is 0 Å². The fourth-order valence-electron chi connectivity index (χ4n) is 1.71. The molecule has 1 heterocycles. The number of hydrogen-bond acceptors (Lipinski definition) is 4. The normalized spacial score (nSPS) is 11.2. The van der Waals surface area contributed by atoms with Crippen molar-refractivity contribution in [3.8, 4) is 0 Å². The highest BCUT2D eigenvalue weighted by atomic mass is 16.3. The third-order valence-electron chi connectivity index (χ3n) is 2.50. The second-order valence-corrected chi connectivity index (χ2v) is 4.50. The Balaban J connectivity index is 2.61. The monoisotopic (exact) mass is 239 g/mol. The first kappa shape index (κ1) is 13.7. The van der Waals surface area contributed by atoms with Gasteiger partial charge in [0, 0.05) is 6.54 Å². The maximum Gasteiger partial charge on any atom is 0.268 e. The molecule has 0 aliphatic rings. The van der Waals surface area contributed by atoms with Crippen molar-refractivity contribution in [3.63, 3.8) is 0 Å². The largest absolute Gasteiger partial charge is 0.467 e. The predicted molar refractivity (Wildman–Crippen MR) is 66.2 cm³/mol. The number of carbonyl (C=O) groups is 1. The number of amides is 1. The van der Waals surface area contributed by atoms with Crippen molar-refractivity contribution in [3.05, 3.63) is 23.7 Å². The van der Waals surface area contributed by atoms with E-state index in [9.17, 15) is 4.79 Å². The zero-order chi connectivity index (χ0) is 12.8. The molecule has 0 saturated heterocycles. The van der Waals surface area contributed by atoms with Crippen LogP contribution in [0.15, 0.2) is 16.7 Å². The maximum absolute atomic E-state index is 11.3. The van der Waals surface area contributed by atoms with Crippen molar-refractivity contribution >= 4 is 5.91 Å². The summed E-state index contributed by atoms with van der Waals surface area (Å²) in [7, 11) is 0. The molecule has 0 bridgehead atoms. The molecule has 5 heteroatoms. The Kier molecular flexibility index (Phi) is 5.18. The van der Waals surface area contributed by atoms with Crippen LogP contribution in [0.25, 0.3) is 0 Å². The number of hydrogen-bond donors (Lipinski definition) is 2. The maximum atomic E-state index is 11.3. The molecule has 5 nitrogen and oxygen atoms in total. The summed E-state index contributed by atoms with van der Waals surface area (Å²) in [4.78, 5) is 13.5. The highest BCUT2D eigenvalue weighted by molar-refractivity contribution is 5.93. The second kappa shape index (κ2) is 6.42. The quantitative estimate of drug-likeness (QED) is 0.447. The van der Waals surface area contributed by atoms with E-state index < -0.39 is 0 Å². The van der Waals surface area contributed by atoms with Crippen LogP contribution in [0.3, 0.4) is 0 Å². The van der Waals surface area contributed by atoms with Gasteiger partial charge in [0.2, 0.25) is 0 Å². The number of carbonyl (C=O) groups excluding carboxylic acids is 1. The summed E-state index contributed by atoms with van der Waals surface area (Å²) in [6.45, 7) is 9.15. The minimum Gasteiger partial charge on any atom is -0.467 e. The van der Waals surface area contributed by atoms with Crippen molar-refractivity contribution in [2.45, 2.75) is 27.3 Å². The molecule has 0 fully saturated rings. The van der Waals surface area contributed by atoms with Gasteiger partial charge in [-0.3, -0.25) is 15.1 Å². The fourth-order valence-corrected chi connectivity index (χ4v) is 1.71. The van der Waals surface area contributed by atoms with Crippen molar-refractivity contribution < 1.29 is 9.21 Å². The molecule has 0 unspecified atom stereocenters. The topological polar surface area (TPSA) is 71.5 Å². The van der Waals surface area contributed by atoms with E-state index in [1.54, 1.807) is 6.07 Å². The Hall–Kier alpha value is -1.33. The first-order chi connectivity index (χ1) is 8.06. The van der Waals surface area contributed by atoms with Crippen LogP contribution in [0.1, 0.15) is 36.9 Å². The third kappa shape index (κ3) is 4.20. The van der Waals surface area contributed by atoms with Gasteiger partial charge in [-0.05, 0) is 18.5 Å². The lowest BCUT2D eigenvalue weighted by Crippen LogP contribution is -2.29. The van der Waals surface area contributed by atoms with Crippen LogP contribution in [0.4, 0.5) is 0 Å². The van der Waals surface area contributed by atoms with Crippen molar-refractivity contribution in [1.29, 1.82) is 0 Å². The van der Waals surface area contributed by atoms with Crippen LogP contribution in [-0.2, 0) is 6.54 Å². The molecule has 0 saturated carbocycles. The van der Waals surface area contributed by atoms with E-state index in [0.29, 0.717) is 18.0 Å². The third-order valence-corrected chi connectivity index (χ3v) is 2.50. The molecule has 0 aromatic carbocycles. The summed E-state index contributed by atoms with van der Waals surface area (Å²) in [5.74, 6) is 6.12. The Morgan fingerprint density at radius 2 is 2.29 bits per heavy atom. The zero-order valence-electron chi connectivity index (χ0n) is 10.7. The van der Waals surface area contributed by atoms with Crippen LogP contribution < -0.4 is 11.3 Å². The second-order valence-electron chi connectivity index (χ2n) is 4.50. The summed E-state index contributed by atoms with van der Waals surface area (Å²) in [6.07, 6.45) is 1.43. The Labute approximate surface area is 102 Å². The van der Waals surface area contributed by atoms with E-state index in [4.69, 9.17) is 10.3 Å². The molecular formula is C12H21N3O2.